The minimum absolute atomic E-state index is 0.254. The summed E-state index contributed by atoms with van der Waals surface area (Å²) in [6.07, 6.45) is 1.04. The Morgan fingerprint density at radius 3 is 2.04 bits per heavy atom. The summed E-state index contributed by atoms with van der Waals surface area (Å²) in [5.41, 5.74) is -5.43. The van der Waals surface area contributed by atoms with Crippen molar-refractivity contribution >= 4 is 31.2 Å². The van der Waals surface area contributed by atoms with Crippen LogP contribution >= 0.6 is 10.3 Å². The van der Waals surface area contributed by atoms with Gasteiger partial charge in [0.15, 0.2) is 0 Å². The number of hydrogen-bond donors (Lipinski definition) is 0. The van der Waals surface area contributed by atoms with Crippen molar-refractivity contribution in [3.8, 4) is 0 Å². The summed E-state index contributed by atoms with van der Waals surface area (Å²) < 4.78 is 67.5. The molecule has 0 unspecified atom stereocenters. The van der Waals surface area contributed by atoms with Gasteiger partial charge in [-0.2, -0.15) is 21.6 Å². The second-order valence-electron chi connectivity index (χ2n) is 5.67. The van der Waals surface area contributed by atoms with E-state index in [2.05, 4.69) is 0 Å². The Bertz CT molecular complexity index is 821. The molecular formula is C17H21F3O3S2. The predicted octanol–water partition coefficient (Wildman–Crippen LogP) is 5.60. The van der Waals surface area contributed by atoms with Crippen LogP contribution in [0.4, 0.5) is 13.2 Å². The molecule has 0 heterocycles. The van der Waals surface area contributed by atoms with Crippen LogP contribution < -0.4 is 0 Å². The van der Waals surface area contributed by atoms with Crippen molar-refractivity contribution in [2.45, 2.75) is 37.1 Å². The Hall–Kier alpha value is -1.25. The lowest BCUT2D eigenvalue weighted by molar-refractivity contribution is -0.0496. The first-order valence-electron chi connectivity index (χ1n) is 7.95. The van der Waals surface area contributed by atoms with E-state index in [0.29, 0.717) is 17.7 Å². The van der Waals surface area contributed by atoms with Gasteiger partial charge in [-0.05, 0) is 29.7 Å². The lowest BCUT2D eigenvalue weighted by Crippen LogP contribution is -2.29. The molecule has 0 aromatic heterocycles. The quantitative estimate of drug-likeness (QED) is 0.574. The van der Waals surface area contributed by atoms with Gasteiger partial charge < -0.3 is 0 Å². The lowest BCUT2D eigenvalue weighted by Gasteiger charge is -2.39. The average Bonchev–Trinajstić information content (AvgIpc) is 2.53. The van der Waals surface area contributed by atoms with Crippen LogP contribution in [0.3, 0.4) is 0 Å². The molecule has 25 heavy (non-hydrogen) atoms. The Morgan fingerprint density at radius 1 is 0.920 bits per heavy atom. The zero-order chi connectivity index (χ0) is 18.7. The molecule has 2 rings (SSSR count). The van der Waals surface area contributed by atoms with Gasteiger partial charge in [0.25, 0.3) is 0 Å². The van der Waals surface area contributed by atoms with Gasteiger partial charge in [-0.3, -0.25) is 0 Å². The molecule has 0 saturated heterocycles. The van der Waals surface area contributed by atoms with Crippen LogP contribution in [-0.4, -0.2) is 25.4 Å². The molecule has 2 aromatic carbocycles. The van der Waals surface area contributed by atoms with Gasteiger partial charge >= 0.3 is 15.6 Å². The summed E-state index contributed by atoms with van der Waals surface area (Å²) >= 11 is 0. The maximum atomic E-state index is 13.0. The minimum atomic E-state index is -5.68. The van der Waals surface area contributed by atoms with E-state index in [1.807, 2.05) is 32.0 Å². The second kappa shape index (κ2) is 7.55. The zero-order valence-corrected chi connectivity index (χ0v) is 15.7. The third kappa shape index (κ3) is 4.12. The molecule has 0 aliphatic rings. The van der Waals surface area contributed by atoms with E-state index in [1.54, 1.807) is 24.3 Å². The van der Waals surface area contributed by atoms with Gasteiger partial charge in [0.05, 0.1) is 0 Å². The van der Waals surface area contributed by atoms with Crippen LogP contribution in [0.5, 0.6) is 0 Å². The number of hydrogen-bond acceptors (Lipinski definition) is 3. The maximum absolute atomic E-state index is 13.0. The van der Waals surface area contributed by atoms with Crippen molar-refractivity contribution in [1.82, 2.24) is 0 Å². The normalized spacial score (nSPS) is 14.0. The fraction of sp³-hybridized carbons (Fsp3) is 0.412. The summed E-state index contributed by atoms with van der Waals surface area (Å²) in [6, 6.07) is 12.5. The Kier molecular flexibility index (Phi) is 6.06. The lowest BCUT2D eigenvalue weighted by atomic mass is 10.1. The molecule has 0 saturated carbocycles. The van der Waals surface area contributed by atoms with E-state index in [0.717, 1.165) is 10.8 Å². The van der Waals surface area contributed by atoms with Crippen molar-refractivity contribution in [3.63, 3.8) is 0 Å². The van der Waals surface area contributed by atoms with Crippen molar-refractivity contribution in [2.75, 3.05) is 11.5 Å². The van der Waals surface area contributed by atoms with Crippen molar-refractivity contribution < 1.29 is 25.2 Å². The second-order valence-corrected chi connectivity index (χ2v) is 10.5. The molecular weight excluding hydrogens is 373 g/mol. The third-order valence-corrected chi connectivity index (χ3v) is 9.34. The first-order valence-corrected chi connectivity index (χ1v) is 11.3. The highest BCUT2D eigenvalue weighted by Crippen LogP contribution is 2.61. The number of alkyl halides is 3. The zero-order valence-electron chi connectivity index (χ0n) is 14.0. The Morgan fingerprint density at radius 2 is 1.48 bits per heavy atom. The van der Waals surface area contributed by atoms with E-state index in [9.17, 15) is 21.6 Å². The topological polar surface area (TPSA) is 43.4 Å². The molecule has 0 amide bonds. The van der Waals surface area contributed by atoms with Crippen LogP contribution in [0, 0.1) is 0 Å². The van der Waals surface area contributed by atoms with Crippen LogP contribution in [0.2, 0.25) is 0 Å². The summed E-state index contributed by atoms with van der Waals surface area (Å²) in [4.78, 5) is 0.558. The SMILES string of the molecule is CCCS(CCC)(OS(=O)(=O)C(F)(F)F)c1cccc2ccccc12. The average molecular weight is 394 g/mol. The number of benzene rings is 2. The fourth-order valence-corrected chi connectivity index (χ4v) is 8.21. The highest BCUT2D eigenvalue weighted by molar-refractivity contribution is 8.33. The standard InChI is InChI=1S/C17H21F3O3S2/c1-3-12-24(13-4-2,23-25(21,22)17(18,19)20)16-11-7-9-14-8-5-6-10-15(14)16/h5-11H,3-4,12-13H2,1-2H3. The Balaban J connectivity index is 2.70. The predicted molar refractivity (Wildman–Crippen MR) is 96.2 cm³/mol. The van der Waals surface area contributed by atoms with Gasteiger partial charge in [-0.1, -0.05) is 60.6 Å². The molecule has 0 bridgehead atoms. The number of rotatable bonds is 7. The fourth-order valence-electron chi connectivity index (χ4n) is 2.82. The van der Waals surface area contributed by atoms with E-state index >= 15 is 0 Å². The summed E-state index contributed by atoms with van der Waals surface area (Å²) in [6.45, 7) is 3.62. The molecule has 3 nitrogen and oxygen atoms in total. The van der Waals surface area contributed by atoms with Crippen molar-refractivity contribution in [1.29, 1.82) is 0 Å². The molecule has 0 spiro atoms. The summed E-state index contributed by atoms with van der Waals surface area (Å²) in [5.74, 6) is 0.508. The van der Waals surface area contributed by atoms with Crippen molar-refractivity contribution in [2.24, 2.45) is 0 Å². The number of halogens is 3. The van der Waals surface area contributed by atoms with Gasteiger partial charge in [-0.25, -0.2) is 3.63 Å². The van der Waals surface area contributed by atoms with E-state index in [-0.39, 0.29) is 11.5 Å². The molecule has 0 aliphatic heterocycles. The number of fused-ring (bicyclic) bond motifs is 1. The molecule has 8 heteroatoms. The minimum Gasteiger partial charge on any atom is -0.209 e. The maximum Gasteiger partial charge on any atom is 0.523 e. The molecule has 0 atom stereocenters. The monoisotopic (exact) mass is 394 g/mol. The van der Waals surface area contributed by atoms with E-state index < -0.39 is 25.9 Å². The van der Waals surface area contributed by atoms with Crippen LogP contribution in [0.25, 0.3) is 10.8 Å². The van der Waals surface area contributed by atoms with Gasteiger partial charge in [0.1, 0.15) is 0 Å². The Labute approximate surface area is 147 Å². The van der Waals surface area contributed by atoms with Crippen LogP contribution in [0.1, 0.15) is 26.7 Å². The summed E-state index contributed by atoms with van der Waals surface area (Å²) in [7, 11) is -8.33. The van der Waals surface area contributed by atoms with Crippen molar-refractivity contribution in [3.05, 3.63) is 42.5 Å². The molecule has 0 fully saturated rings. The molecule has 2 aromatic rings. The molecule has 140 valence electrons. The molecule has 0 N–H and O–H groups in total. The van der Waals surface area contributed by atoms with Gasteiger partial charge in [-0.15, -0.1) is 0 Å². The smallest absolute Gasteiger partial charge is 0.209 e. The third-order valence-electron chi connectivity index (χ3n) is 3.72. The first kappa shape index (κ1) is 20.1. The van der Waals surface area contributed by atoms with Crippen LogP contribution in [0.15, 0.2) is 47.4 Å². The molecule has 0 aliphatic carbocycles. The van der Waals surface area contributed by atoms with Gasteiger partial charge in [0, 0.05) is 16.4 Å². The summed E-state index contributed by atoms with van der Waals surface area (Å²) in [5, 5.41) is 1.58. The van der Waals surface area contributed by atoms with E-state index in [1.165, 1.54) is 0 Å². The highest BCUT2D eigenvalue weighted by Gasteiger charge is 2.51. The van der Waals surface area contributed by atoms with Crippen LogP contribution in [-0.2, 0) is 13.7 Å². The largest absolute Gasteiger partial charge is 0.523 e. The molecule has 0 radical (unpaired) electrons. The highest BCUT2D eigenvalue weighted by atomic mass is 32.3. The van der Waals surface area contributed by atoms with Gasteiger partial charge in [0.2, 0.25) is 0 Å². The first-order chi connectivity index (χ1) is 11.7. The van der Waals surface area contributed by atoms with E-state index in [4.69, 9.17) is 3.63 Å².